The van der Waals surface area contributed by atoms with Crippen molar-refractivity contribution in [1.29, 1.82) is 5.41 Å². The molecule has 0 aliphatic rings. The van der Waals surface area contributed by atoms with Gasteiger partial charge in [-0.3, -0.25) is 5.41 Å². The third-order valence-corrected chi connectivity index (χ3v) is 4.09. The first-order chi connectivity index (χ1) is 8.06. The molecule has 1 aromatic heterocycles. The number of rotatable bonds is 3. The molecule has 88 valence electrons. The minimum atomic E-state index is -0.00348. The predicted octanol–water partition coefficient (Wildman–Crippen LogP) is 2.94. The number of hydrogen-bond acceptors (Lipinski definition) is 5. The van der Waals surface area contributed by atoms with Crippen LogP contribution in [0.5, 0.6) is 0 Å². The van der Waals surface area contributed by atoms with E-state index in [0.717, 1.165) is 15.1 Å². The highest BCUT2D eigenvalue weighted by molar-refractivity contribution is 8.01. The summed E-state index contributed by atoms with van der Waals surface area (Å²) >= 11 is 8.65. The summed E-state index contributed by atoms with van der Waals surface area (Å²) in [5, 5.41) is 8.08. The van der Waals surface area contributed by atoms with E-state index in [2.05, 4.69) is 9.36 Å². The molecule has 0 aliphatic carbocycles. The van der Waals surface area contributed by atoms with Crippen molar-refractivity contribution in [3.05, 3.63) is 34.6 Å². The lowest BCUT2D eigenvalue weighted by molar-refractivity contribution is 1.10. The first kappa shape index (κ1) is 12.3. The van der Waals surface area contributed by atoms with E-state index < -0.39 is 0 Å². The Labute approximate surface area is 112 Å². The molecular weight excluding hydrogens is 276 g/mol. The molecule has 2 aromatic rings. The van der Waals surface area contributed by atoms with Crippen LogP contribution in [0.25, 0.3) is 0 Å². The molecule has 1 heterocycles. The normalized spacial score (nSPS) is 10.5. The topological polar surface area (TPSA) is 75.7 Å². The molecule has 0 atom stereocenters. The quantitative estimate of drug-likeness (QED) is 0.671. The summed E-state index contributed by atoms with van der Waals surface area (Å²) in [7, 11) is 0. The fraction of sp³-hybridized carbons (Fsp3) is 0.100. The van der Waals surface area contributed by atoms with Gasteiger partial charge in [0.15, 0.2) is 4.34 Å². The van der Waals surface area contributed by atoms with E-state index in [9.17, 15) is 0 Å². The second-order valence-electron chi connectivity index (χ2n) is 3.26. The number of hydrogen-bond donors (Lipinski definition) is 2. The molecule has 0 fully saturated rings. The van der Waals surface area contributed by atoms with Crippen LogP contribution in [0.2, 0.25) is 5.02 Å². The maximum atomic E-state index is 7.52. The summed E-state index contributed by atoms with van der Waals surface area (Å²) in [4.78, 5) is 5.11. The summed E-state index contributed by atoms with van der Waals surface area (Å²) in [6, 6.07) is 5.28. The van der Waals surface area contributed by atoms with Crippen LogP contribution in [0.3, 0.4) is 0 Å². The summed E-state index contributed by atoms with van der Waals surface area (Å²) in [5.74, 6) is 0.743. The molecule has 0 aliphatic heterocycles. The Bertz CT molecular complexity index is 567. The molecule has 0 unspecified atom stereocenters. The average molecular weight is 285 g/mol. The summed E-state index contributed by atoms with van der Waals surface area (Å²) < 4.78 is 4.93. The number of benzene rings is 1. The van der Waals surface area contributed by atoms with E-state index >= 15 is 0 Å². The Morgan fingerprint density at radius 1 is 1.53 bits per heavy atom. The van der Waals surface area contributed by atoms with Gasteiger partial charge in [-0.25, -0.2) is 4.98 Å². The molecule has 0 saturated heterocycles. The van der Waals surface area contributed by atoms with Gasteiger partial charge in [0.05, 0.1) is 0 Å². The molecule has 0 bridgehead atoms. The van der Waals surface area contributed by atoms with Crippen LogP contribution in [-0.4, -0.2) is 15.2 Å². The lowest BCUT2D eigenvalue weighted by Crippen LogP contribution is -2.12. The van der Waals surface area contributed by atoms with Crippen molar-refractivity contribution in [2.45, 2.75) is 16.2 Å². The SMILES string of the molecule is Cc1nsc(Sc2ccc(Cl)cc2C(=N)N)n1. The van der Waals surface area contributed by atoms with E-state index in [0.29, 0.717) is 10.6 Å². The third-order valence-electron chi connectivity index (χ3n) is 1.94. The van der Waals surface area contributed by atoms with Crippen LogP contribution in [-0.2, 0) is 0 Å². The van der Waals surface area contributed by atoms with Gasteiger partial charge in [-0.1, -0.05) is 23.4 Å². The van der Waals surface area contributed by atoms with Crippen LogP contribution in [0, 0.1) is 12.3 Å². The van der Waals surface area contributed by atoms with Crippen LogP contribution < -0.4 is 5.73 Å². The zero-order chi connectivity index (χ0) is 12.4. The second kappa shape index (κ2) is 5.03. The van der Waals surface area contributed by atoms with Crippen LogP contribution in [0.4, 0.5) is 0 Å². The maximum absolute atomic E-state index is 7.52. The Balaban J connectivity index is 2.35. The average Bonchev–Trinajstić information content (AvgIpc) is 2.66. The van der Waals surface area contributed by atoms with Crippen molar-refractivity contribution in [2.75, 3.05) is 0 Å². The Hall–Kier alpha value is -1.11. The van der Waals surface area contributed by atoms with E-state index in [-0.39, 0.29) is 5.84 Å². The largest absolute Gasteiger partial charge is 0.384 e. The van der Waals surface area contributed by atoms with Gasteiger partial charge in [-0.15, -0.1) is 0 Å². The lowest BCUT2D eigenvalue weighted by atomic mass is 10.2. The number of aryl methyl sites for hydroxylation is 1. The minimum Gasteiger partial charge on any atom is -0.384 e. The van der Waals surface area contributed by atoms with Crippen LogP contribution in [0.1, 0.15) is 11.4 Å². The maximum Gasteiger partial charge on any atom is 0.174 e. The molecular formula is C10H9ClN4S2. The summed E-state index contributed by atoms with van der Waals surface area (Å²) in [6.45, 7) is 1.84. The van der Waals surface area contributed by atoms with Crippen LogP contribution in [0.15, 0.2) is 27.4 Å². The molecule has 7 heteroatoms. The highest BCUT2D eigenvalue weighted by Crippen LogP contribution is 2.32. The van der Waals surface area contributed by atoms with Gasteiger partial charge in [0.1, 0.15) is 11.7 Å². The molecule has 0 saturated carbocycles. The van der Waals surface area contributed by atoms with Crippen molar-refractivity contribution in [3.63, 3.8) is 0 Å². The zero-order valence-corrected chi connectivity index (χ0v) is 11.3. The molecule has 1 aromatic carbocycles. The van der Waals surface area contributed by atoms with Crippen molar-refractivity contribution >= 4 is 40.7 Å². The fourth-order valence-electron chi connectivity index (χ4n) is 1.22. The van der Waals surface area contributed by atoms with E-state index in [1.165, 1.54) is 23.3 Å². The van der Waals surface area contributed by atoms with E-state index in [1.54, 1.807) is 12.1 Å². The van der Waals surface area contributed by atoms with Gasteiger partial charge in [0.25, 0.3) is 0 Å². The Kier molecular flexibility index (Phi) is 3.66. The molecule has 4 nitrogen and oxygen atoms in total. The monoisotopic (exact) mass is 284 g/mol. The predicted molar refractivity (Wildman–Crippen MR) is 71.2 cm³/mol. The molecule has 0 radical (unpaired) electrons. The summed E-state index contributed by atoms with van der Waals surface area (Å²) in [6.07, 6.45) is 0. The number of nitrogens with one attached hydrogen (secondary N) is 1. The third kappa shape index (κ3) is 2.96. The standard InChI is InChI=1S/C10H9ClN4S2/c1-5-14-10(17-15-5)16-8-3-2-6(11)4-7(8)9(12)13/h2-4H,1H3,(H3,12,13). The second-order valence-corrected chi connectivity index (χ2v) is 5.74. The zero-order valence-electron chi connectivity index (χ0n) is 8.90. The van der Waals surface area contributed by atoms with Gasteiger partial charge in [0.2, 0.25) is 0 Å². The van der Waals surface area contributed by atoms with Crippen LogP contribution >= 0.6 is 34.9 Å². The Morgan fingerprint density at radius 2 is 2.29 bits per heavy atom. The number of aromatic nitrogens is 2. The van der Waals surface area contributed by atoms with Crippen molar-refractivity contribution < 1.29 is 0 Å². The Morgan fingerprint density at radius 3 is 2.88 bits per heavy atom. The molecule has 0 amide bonds. The highest BCUT2D eigenvalue weighted by atomic mass is 35.5. The van der Waals surface area contributed by atoms with Crippen molar-refractivity contribution in [1.82, 2.24) is 9.36 Å². The number of halogens is 1. The molecule has 2 rings (SSSR count). The van der Waals surface area contributed by atoms with Gasteiger partial charge >= 0.3 is 0 Å². The first-order valence-corrected chi connectivity index (χ1v) is 6.65. The minimum absolute atomic E-state index is 0.00348. The van der Waals surface area contributed by atoms with E-state index in [1.807, 2.05) is 13.0 Å². The smallest absolute Gasteiger partial charge is 0.174 e. The number of nitrogens with two attached hydrogens (primary N) is 1. The lowest BCUT2D eigenvalue weighted by Gasteiger charge is -2.06. The van der Waals surface area contributed by atoms with Gasteiger partial charge in [-0.05, 0) is 36.7 Å². The molecule has 3 N–H and O–H groups in total. The number of nitrogens with zero attached hydrogens (tertiary/aromatic N) is 2. The van der Waals surface area contributed by atoms with E-state index in [4.69, 9.17) is 22.7 Å². The highest BCUT2D eigenvalue weighted by Gasteiger charge is 2.10. The van der Waals surface area contributed by atoms with Crippen molar-refractivity contribution in [3.8, 4) is 0 Å². The van der Waals surface area contributed by atoms with Gasteiger partial charge in [0, 0.05) is 15.5 Å². The van der Waals surface area contributed by atoms with Crippen molar-refractivity contribution in [2.24, 2.45) is 5.73 Å². The molecule has 0 spiro atoms. The summed E-state index contributed by atoms with van der Waals surface area (Å²) in [5.41, 5.74) is 6.14. The molecule has 17 heavy (non-hydrogen) atoms. The van der Waals surface area contributed by atoms with Gasteiger partial charge in [-0.2, -0.15) is 4.37 Å². The fourth-order valence-corrected chi connectivity index (χ4v) is 3.12. The number of amidine groups is 1. The first-order valence-electron chi connectivity index (χ1n) is 4.68. The number of nitrogen functional groups attached to an aromatic ring is 1. The van der Waals surface area contributed by atoms with Gasteiger partial charge < -0.3 is 5.73 Å².